The van der Waals surface area contributed by atoms with Crippen molar-refractivity contribution in [2.75, 3.05) is 31.1 Å². The van der Waals surface area contributed by atoms with Crippen LogP contribution < -0.4 is 5.32 Å². The molecule has 0 bridgehead atoms. The van der Waals surface area contributed by atoms with Gasteiger partial charge in [-0.05, 0) is 39.3 Å². The van der Waals surface area contributed by atoms with Crippen molar-refractivity contribution in [1.82, 2.24) is 10.2 Å². The summed E-state index contributed by atoms with van der Waals surface area (Å²) in [4.78, 5) is 25.0. The lowest BCUT2D eigenvalue weighted by atomic mass is 9.80. The summed E-state index contributed by atoms with van der Waals surface area (Å²) >= 11 is 0. The van der Waals surface area contributed by atoms with E-state index in [0.717, 1.165) is 0 Å². The van der Waals surface area contributed by atoms with Gasteiger partial charge in [0, 0.05) is 6.04 Å². The van der Waals surface area contributed by atoms with Crippen molar-refractivity contribution in [2.24, 2.45) is 5.41 Å². The van der Waals surface area contributed by atoms with Gasteiger partial charge in [0.2, 0.25) is 5.91 Å². The number of rotatable bonds is 4. The highest BCUT2D eigenvalue weighted by Gasteiger charge is 2.37. The molecule has 0 aliphatic carbocycles. The molecule has 1 amide bonds. The second-order valence-corrected chi connectivity index (χ2v) is 8.54. The summed E-state index contributed by atoms with van der Waals surface area (Å²) in [6.07, 6.45) is 1.52. The Labute approximate surface area is 124 Å². The first-order chi connectivity index (χ1) is 9.70. The van der Waals surface area contributed by atoms with E-state index in [9.17, 15) is 18.0 Å². The smallest absolute Gasteiger partial charge is 0.309 e. The number of sulfone groups is 1. The number of carboxylic acid groups (broad SMARTS) is 1. The van der Waals surface area contributed by atoms with Gasteiger partial charge in [0.05, 0.1) is 23.5 Å². The highest BCUT2D eigenvalue weighted by Crippen LogP contribution is 2.30. The van der Waals surface area contributed by atoms with Crippen LogP contribution in [0.4, 0.5) is 0 Å². The third-order valence-corrected chi connectivity index (χ3v) is 6.21. The van der Waals surface area contributed by atoms with Crippen LogP contribution in [0.3, 0.4) is 0 Å². The zero-order valence-corrected chi connectivity index (χ0v) is 13.0. The number of carbonyl (C=O) groups is 2. The van der Waals surface area contributed by atoms with Crippen LogP contribution in [-0.4, -0.2) is 67.5 Å². The maximum absolute atomic E-state index is 11.9. The molecule has 21 heavy (non-hydrogen) atoms. The van der Waals surface area contributed by atoms with E-state index in [1.165, 1.54) is 0 Å². The molecule has 7 nitrogen and oxygen atoms in total. The molecule has 8 heteroatoms. The van der Waals surface area contributed by atoms with Crippen molar-refractivity contribution in [3.63, 3.8) is 0 Å². The van der Waals surface area contributed by atoms with E-state index in [4.69, 9.17) is 5.11 Å². The first kappa shape index (κ1) is 16.2. The fraction of sp³-hybridized carbons (Fsp3) is 0.846. The number of amides is 1. The SMILES string of the molecule is CC1(C(=O)O)CCN(CC(=O)NC2CCS(=O)(=O)C2)CC1. The maximum Gasteiger partial charge on any atom is 0.309 e. The summed E-state index contributed by atoms with van der Waals surface area (Å²) in [7, 11) is -2.99. The Balaban J connectivity index is 1.76. The van der Waals surface area contributed by atoms with Gasteiger partial charge in [0.25, 0.3) is 0 Å². The van der Waals surface area contributed by atoms with Crippen LogP contribution in [0.2, 0.25) is 0 Å². The van der Waals surface area contributed by atoms with Gasteiger partial charge in [-0.25, -0.2) is 8.42 Å². The molecular weight excluding hydrogens is 296 g/mol. The van der Waals surface area contributed by atoms with Gasteiger partial charge < -0.3 is 10.4 Å². The second kappa shape index (κ2) is 5.92. The molecule has 2 saturated heterocycles. The number of aliphatic carboxylic acids is 1. The number of carbonyl (C=O) groups excluding carboxylic acids is 1. The number of piperidine rings is 1. The normalized spacial score (nSPS) is 28.1. The summed E-state index contributed by atoms with van der Waals surface area (Å²) in [5.74, 6) is -0.812. The van der Waals surface area contributed by atoms with E-state index in [1.807, 2.05) is 4.90 Å². The van der Waals surface area contributed by atoms with E-state index in [1.54, 1.807) is 6.92 Å². The molecule has 0 aromatic carbocycles. The van der Waals surface area contributed by atoms with E-state index in [-0.39, 0.29) is 30.0 Å². The third-order valence-electron chi connectivity index (χ3n) is 4.44. The van der Waals surface area contributed by atoms with Gasteiger partial charge in [-0.15, -0.1) is 0 Å². The first-order valence-electron chi connectivity index (χ1n) is 7.16. The molecule has 2 heterocycles. The molecule has 1 atom stereocenters. The molecule has 2 rings (SSSR count). The van der Waals surface area contributed by atoms with Crippen LogP contribution in [0.1, 0.15) is 26.2 Å². The van der Waals surface area contributed by atoms with Gasteiger partial charge in [-0.2, -0.15) is 0 Å². The molecule has 1 unspecified atom stereocenters. The van der Waals surface area contributed by atoms with Crippen LogP contribution in [-0.2, 0) is 19.4 Å². The van der Waals surface area contributed by atoms with Crippen LogP contribution >= 0.6 is 0 Å². The Morgan fingerprint density at radius 1 is 1.33 bits per heavy atom. The fourth-order valence-electron chi connectivity index (χ4n) is 2.80. The third kappa shape index (κ3) is 4.16. The van der Waals surface area contributed by atoms with Crippen molar-refractivity contribution in [3.8, 4) is 0 Å². The van der Waals surface area contributed by atoms with E-state index >= 15 is 0 Å². The second-order valence-electron chi connectivity index (χ2n) is 6.31. The Bertz CT molecular complexity index is 523. The van der Waals surface area contributed by atoms with Crippen molar-refractivity contribution >= 4 is 21.7 Å². The molecule has 2 N–H and O–H groups in total. The number of hydrogen-bond donors (Lipinski definition) is 2. The van der Waals surface area contributed by atoms with Crippen LogP contribution in [0, 0.1) is 5.41 Å². The van der Waals surface area contributed by atoms with Crippen LogP contribution in [0.15, 0.2) is 0 Å². The summed E-state index contributed by atoms with van der Waals surface area (Å²) in [6.45, 7) is 3.07. The highest BCUT2D eigenvalue weighted by atomic mass is 32.2. The molecule has 2 fully saturated rings. The van der Waals surface area contributed by atoms with Crippen LogP contribution in [0.5, 0.6) is 0 Å². The molecule has 0 aromatic rings. The number of likely N-dealkylation sites (tertiary alicyclic amines) is 1. The Morgan fingerprint density at radius 3 is 2.43 bits per heavy atom. The Hall–Kier alpha value is -1.15. The summed E-state index contributed by atoms with van der Waals surface area (Å²) < 4.78 is 22.7. The number of nitrogens with zero attached hydrogens (tertiary/aromatic N) is 1. The van der Waals surface area contributed by atoms with Gasteiger partial charge in [0.15, 0.2) is 9.84 Å². The lowest BCUT2D eigenvalue weighted by molar-refractivity contribution is -0.150. The minimum absolute atomic E-state index is 0.0236. The molecule has 2 aliphatic rings. The van der Waals surface area contributed by atoms with Crippen molar-refractivity contribution in [2.45, 2.75) is 32.2 Å². The fourth-order valence-corrected chi connectivity index (χ4v) is 4.48. The van der Waals surface area contributed by atoms with Gasteiger partial charge in [0.1, 0.15) is 0 Å². The zero-order chi connectivity index (χ0) is 15.7. The Morgan fingerprint density at radius 2 is 1.95 bits per heavy atom. The first-order valence-corrected chi connectivity index (χ1v) is 8.98. The predicted octanol–water partition coefficient (Wildman–Crippen LogP) is -0.524. The van der Waals surface area contributed by atoms with Gasteiger partial charge in [-0.3, -0.25) is 14.5 Å². The van der Waals surface area contributed by atoms with Crippen molar-refractivity contribution in [1.29, 1.82) is 0 Å². The molecule has 2 aliphatic heterocycles. The van der Waals surface area contributed by atoms with E-state index in [2.05, 4.69) is 5.32 Å². The van der Waals surface area contributed by atoms with E-state index in [0.29, 0.717) is 32.4 Å². The largest absolute Gasteiger partial charge is 0.481 e. The lowest BCUT2D eigenvalue weighted by Gasteiger charge is -2.36. The standard InChI is InChI=1S/C13H22N2O5S/c1-13(12(17)18)3-5-15(6-4-13)8-11(16)14-10-2-7-21(19,20)9-10/h10H,2-9H2,1H3,(H,14,16)(H,17,18). The maximum atomic E-state index is 11.9. The van der Waals surface area contributed by atoms with Crippen molar-refractivity contribution in [3.05, 3.63) is 0 Å². The van der Waals surface area contributed by atoms with E-state index < -0.39 is 21.2 Å². The zero-order valence-electron chi connectivity index (χ0n) is 12.2. The molecule has 0 saturated carbocycles. The quantitative estimate of drug-likeness (QED) is 0.722. The molecule has 120 valence electrons. The number of carboxylic acids is 1. The number of nitrogens with one attached hydrogen (secondary N) is 1. The minimum atomic E-state index is -2.99. The molecule has 0 spiro atoms. The highest BCUT2D eigenvalue weighted by molar-refractivity contribution is 7.91. The molecular formula is C13H22N2O5S. The predicted molar refractivity (Wildman–Crippen MR) is 76.6 cm³/mol. The lowest BCUT2D eigenvalue weighted by Crippen LogP contribution is -2.48. The van der Waals surface area contributed by atoms with Gasteiger partial charge >= 0.3 is 5.97 Å². The molecule has 0 radical (unpaired) electrons. The van der Waals surface area contributed by atoms with Gasteiger partial charge in [-0.1, -0.05) is 0 Å². The molecule has 0 aromatic heterocycles. The van der Waals surface area contributed by atoms with Crippen molar-refractivity contribution < 1.29 is 23.1 Å². The number of hydrogen-bond acceptors (Lipinski definition) is 5. The minimum Gasteiger partial charge on any atom is -0.481 e. The average molecular weight is 318 g/mol. The monoisotopic (exact) mass is 318 g/mol. The topological polar surface area (TPSA) is 104 Å². The Kier molecular flexibility index (Phi) is 4.57. The summed E-state index contributed by atoms with van der Waals surface area (Å²) in [5, 5.41) is 11.9. The summed E-state index contributed by atoms with van der Waals surface area (Å²) in [6, 6.07) is -0.281. The summed E-state index contributed by atoms with van der Waals surface area (Å²) in [5.41, 5.74) is -0.702. The average Bonchev–Trinajstić information content (AvgIpc) is 2.71. The van der Waals surface area contributed by atoms with Crippen LogP contribution in [0.25, 0.3) is 0 Å².